The lowest BCUT2D eigenvalue weighted by molar-refractivity contribution is -0.126. The van der Waals surface area contributed by atoms with E-state index in [1.807, 2.05) is 36.1 Å². The minimum Gasteiger partial charge on any atom is -0.352 e. The fourth-order valence-electron chi connectivity index (χ4n) is 4.10. The molecule has 3 rings (SSSR count). The summed E-state index contributed by atoms with van der Waals surface area (Å²) in [4.78, 5) is 26.6. The molecule has 0 bridgehead atoms. The predicted octanol–water partition coefficient (Wildman–Crippen LogP) is 2.66. The Balaban J connectivity index is 1.49. The van der Waals surface area contributed by atoms with Crippen molar-refractivity contribution in [2.45, 2.75) is 58.4 Å². The van der Waals surface area contributed by atoms with E-state index in [4.69, 9.17) is 0 Å². The molecule has 0 aliphatic carbocycles. The zero-order chi connectivity index (χ0) is 21.6. The Kier molecular flexibility index (Phi) is 7.88. The molecule has 2 heterocycles. The van der Waals surface area contributed by atoms with Crippen LogP contribution in [0.15, 0.2) is 24.3 Å². The lowest BCUT2D eigenvalue weighted by Crippen LogP contribution is -2.43. The number of piperidine rings is 2. The topological polar surface area (TPSA) is 86.8 Å². The molecule has 0 aromatic heterocycles. The van der Waals surface area contributed by atoms with Crippen LogP contribution in [0.25, 0.3) is 0 Å². The van der Waals surface area contributed by atoms with Crippen LogP contribution in [0, 0.1) is 5.92 Å². The van der Waals surface area contributed by atoms with Crippen LogP contribution in [-0.4, -0.2) is 49.9 Å². The first-order chi connectivity index (χ1) is 14.4. The molecule has 2 saturated heterocycles. The molecule has 2 aliphatic heterocycles. The number of nitrogens with one attached hydrogen (secondary N) is 1. The molecule has 166 valence electrons. The maximum absolute atomic E-state index is 12.6. The van der Waals surface area contributed by atoms with Gasteiger partial charge in [-0.1, -0.05) is 25.5 Å². The molecule has 1 aromatic rings. The number of rotatable bonds is 8. The van der Waals surface area contributed by atoms with Crippen LogP contribution in [-0.2, 0) is 26.2 Å². The third kappa shape index (κ3) is 5.82. The molecular weight excluding hydrogens is 402 g/mol. The predicted molar refractivity (Wildman–Crippen MR) is 117 cm³/mol. The summed E-state index contributed by atoms with van der Waals surface area (Å²) in [6.07, 6.45) is 5.19. The Morgan fingerprint density at radius 3 is 2.63 bits per heavy atom. The number of hydrogen-bond acceptors (Lipinski definition) is 4. The summed E-state index contributed by atoms with van der Waals surface area (Å²) in [7, 11) is -3.20. The van der Waals surface area contributed by atoms with Gasteiger partial charge in [0.25, 0.3) is 0 Å². The molecule has 2 aliphatic rings. The van der Waals surface area contributed by atoms with Gasteiger partial charge in [0.05, 0.1) is 5.75 Å². The molecule has 30 heavy (non-hydrogen) atoms. The summed E-state index contributed by atoms with van der Waals surface area (Å²) in [5.74, 6) is 0.161. The number of anilines is 1. The average Bonchev–Trinajstić information content (AvgIpc) is 2.76. The standard InChI is InChI=1S/C22H33N3O4S/c1-2-3-15-30(28,29)24-13-10-19(11-14-24)22(27)23-17-18-7-6-8-20(16-18)25-12-5-4-9-21(25)26/h6-8,16,19H,2-5,9-15,17H2,1H3,(H,23,27). The molecule has 8 heteroatoms. The first kappa shape index (κ1) is 22.7. The molecule has 2 amide bonds. The molecular formula is C22H33N3O4S. The van der Waals surface area contributed by atoms with Crippen molar-refractivity contribution in [2.24, 2.45) is 5.92 Å². The van der Waals surface area contributed by atoms with Gasteiger partial charge in [0.15, 0.2) is 0 Å². The van der Waals surface area contributed by atoms with E-state index < -0.39 is 10.0 Å². The Morgan fingerprint density at radius 1 is 1.17 bits per heavy atom. The Bertz CT molecular complexity index is 848. The maximum atomic E-state index is 12.6. The zero-order valence-corrected chi connectivity index (χ0v) is 18.6. The normalized spacial score (nSPS) is 19.1. The first-order valence-corrected chi connectivity index (χ1v) is 12.7. The third-order valence-electron chi connectivity index (χ3n) is 5.99. The second-order valence-electron chi connectivity index (χ2n) is 8.23. The summed E-state index contributed by atoms with van der Waals surface area (Å²) in [5.41, 5.74) is 1.84. The van der Waals surface area contributed by atoms with Crippen molar-refractivity contribution in [2.75, 3.05) is 30.3 Å². The van der Waals surface area contributed by atoms with Crippen molar-refractivity contribution in [3.05, 3.63) is 29.8 Å². The highest BCUT2D eigenvalue weighted by Crippen LogP contribution is 2.23. The molecule has 2 fully saturated rings. The Labute approximate surface area is 179 Å². The molecule has 1 aromatic carbocycles. The van der Waals surface area contributed by atoms with E-state index in [2.05, 4.69) is 5.32 Å². The van der Waals surface area contributed by atoms with Crippen molar-refractivity contribution in [3.63, 3.8) is 0 Å². The monoisotopic (exact) mass is 435 g/mol. The summed E-state index contributed by atoms with van der Waals surface area (Å²) < 4.78 is 26.2. The molecule has 1 N–H and O–H groups in total. The van der Waals surface area contributed by atoms with Gasteiger partial charge in [-0.2, -0.15) is 0 Å². The minimum atomic E-state index is -3.20. The van der Waals surface area contributed by atoms with Gasteiger partial charge in [0, 0.05) is 44.2 Å². The number of unbranched alkanes of at least 4 members (excludes halogenated alkanes) is 1. The number of amides is 2. The molecule has 0 spiro atoms. The van der Waals surface area contributed by atoms with Crippen LogP contribution in [0.5, 0.6) is 0 Å². The van der Waals surface area contributed by atoms with Crippen molar-refractivity contribution in [1.82, 2.24) is 9.62 Å². The lowest BCUT2D eigenvalue weighted by Gasteiger charge is -2.30. The first-order valence-electron chi connectivity index (χ1n) is 11.1. The van der Waals surface area contributed by atoms with Crippen molar-refractivity contribution >= 4 is 27.5 Å². The van der Waals surface area contributed by atoms with Crippen LogP contribution >= 0.6 is 0 Å². The fraction of sp³-hybridized carbons (Fsp3) is 0.636. The average molecular weight is 436 g/mol. The third-order valence-corrected chi connectivity index (χ3v) is 7.94. The molecule has 7 nitrogen and oxygen atoms in total. The van der Waals surface area contributed by atoms with Crippen LogP contribution in [0.1, 0.15) is 57.4 Å². The Morgan fingerprint density at radius 2 is 1.93 bits per heavy atom. The van der Waals surface area contributed by atoms with E-state index in [0.29, 0.717) is 45.3 Å². The van der Waals surface area contributed by atoms with Crippen LogP contribution in [0.2, 0.25) is 0 Å². The van der Waals surface area contributed by atoms with E-state index >= 15 is 0 Å². The number of sulfonamides is 1. The van der Waals surface area contributed by atoms with Crippen LogP contribution < -0.4 is 10.2 Å². The van der Waals surface area contributed by atoms with Crippen LogP contribution in [0.4, 0.5) is 5.69 Å². The highest BCUT2D eigenvalue weighted by Gasteiger charge is 2.30. The number of carbonyl (C=O) groups excluding carboxylic acids is 2. The highest BCUT2D eigenvalue weighted by molar-refractivity contribution is 7.89. The number of benzene rings is 1. The second kappa shape index (κ2) is 10.4. The molecule has 0 atom stereocenters. The summed E-state index contributed by atoms with van der Waals surface area (Å²) in [6, 6.07) is 7.76. The van der Waals surface area contributed by atoms with E-state index in [1.54, 1.807) is 0 Å². The van der Waals surface area contributed by atoms with Gasteiger partial charge in [-0.15, -0.1) is 0 Å². The minimum absolute atomic E-state index is 0.0277. The van der Waals surface area contributed by atoms with Gasteiger partial charge >= 0.3 is 0 Å². The summed E-state index contributed by atoms with van der Waals surface area (Å²) in [5, 5.41) is 2.99. The number of nitrogens with zero attached hydrogens (tertiary/aromatic N) is 2. The van der Waals surface area contributed by atoms with Gasteiger partial charge < -0.3 is 10.2 Å². The van der Waals surface area contributed by atoms with Gasteiger partial charge in [-0.3, -0.25) is 9.59 Å². The van der Waals surface area contributed by atoms with Gasteiger partial charge in [-0.25, -0.2) is 12.7 Å². The van der Waals surface area contributed by atoms with E-state index in [-0.39, 0.29) is 23.5 Å². The number of hydrogen-bond donors (Lipinski definition) is 1. The molecule has 0 unspecified atom stereocenters. The van der Waals surface area contributed by atoms with Crippen molar-refractivity contribution < 1.29 is 18.0 Å². The van der Waals surface area contributed by atoms with Crippen LogP contribution in [0.3, 0.4) is 0 Å². The smallest absolute Gasteiger partial charge is 0.226 e. The van der Waals surface area contributed by atoms with Crippen molar-refractivity contribution in [1.29, 1.82) is 0 Å². The van der Waals surface area contributed by atoms with Gasteiger partial charge in [0.2, 0.25) is 21.8 Å². The molecule has 0 radical (unpaired) electrons. The summed E-state index contributed by atoms with van der Waals surface area (Å²) >= 11 is 0. The van der Waals surface area contributed by atoms with E-state index in [9.17, 15) is 18.0 Å². The number of carbonyl (C=O) groups is 2. The highest BCUT2D eigenvalue weighted by atomic mass is 32.2. The Hall–Kier alpha value is -1.93. The second-order valence-corrected chi connectivity index (χ2v) is 10.3. The molecule has 0 saturated carbocycles. The lowest BCUT2D eigenvalue weighted by atomic mass is 9.97. The summed E-state index contributed by atoms with van der Waals surface area (Å²) in [6.45, 7) is 3.96. The zero-order valence-electron chi connectivity index (χ0n) is 17.8. The van der Waals surface area contributed by atoms with Gasteiger partial charge in [-0.05, 0) is 49.8 Å². The SMILES string of the molecule is CCCCS(=O)(=O)N1CCC(C(=O)NCc2cccc(N3CCCCC3=O)c2)CC1. The van der Waals surface area contributed by atoms with Crippen molar-refractivity contribution in [3.8, 4) is 0 Å². The van der Waals surface area contributed by atoms with E-state index in [0.717, 1.165) is 37.1 Å². The fourth-order valence-corrected chi connectivity index (χ4v) is 5.78. The van der Waals surface area contributed by atoms with E-state index in [1.165, 1.54) is 4.31 Å². The quantitative estimate of drug-likeness (QED) is 0.680. The largest absolute Gasteiger partial charge is 0.352 e. The maximum Gasteiger partial charge on any atom is 0.226 e. The van der Waals surface area contributed by atoms with Gasteiger partial charge in [0.1, 0.15) is 0 Å².